The smallest absolute Gasteiger partial charge is 0.131 e. The van der Waals surface area contributed by atoms with Gasteiger partial charge in [-0.2, -0.15) is 0 Å². The van der Waals surface area contributed by atoms with Crippen LogP contribution in [0.25, 0.3) is 0 Å². The number of anilines is 1. The summed E-state index contributed by atoms with van der Waals surface area (Å²) in [7, 11) is 0. The molecule has 0 aliphatic heterocycles. The zero-order valence-corrected chi connectivity index (χ0v) is 11.8. The van der Waals surface area contributed by atoms with E-state index in [2.05, 4.69) is 31.2 Å². The first-order valence-electron chi connectivity index (χ1n) is 5.79. The van der Waals surface area contributed by atoms with Crippen LogP contribution >= 0.6 is 15.9 Å². The highest BCUT2D eigenvalue weighted by Gasteiger charge is 2.05. The molecule has 100 valence electrons. The quantitative estimate of drug-likeness (QED) is 0.870. The molecule has 0 unspecified atom stereocenters. The Hall–Kier alpha value is -1.56. The third-order valence-corrected chi connectivity index (χ3v) is 2.94. The van der Waals surface area contributed by atoms with Crippen molar-refractivity contribution in [3.8, 4) is 0 Å². The molecule has 0 saturated carbocycles. The third-order valence-electron chi connectivity index (χ3n) is 2.53. The highest BCUT2D eigenvalue weighted by atomic mass is 79.9. The molecule has 1 heterocycles. The molecule has 2 rings (SSSR count). The zero-order chi connectivity index (χ0) is 13.8. The van der Waals surface area contributed by atoms with Crippen molar-refractivity contribution in [2.24, 2.45) is 0 Å². The molecule has 19 heavy (non-hydrogen) atoms. The molecule has 0 aliphatic carbocycles. The molecular weight excluding hydrogens is 316 g/mol. The van der Waals surface area contributed by atoms with Crippen molar-refractivity contribution in [1.29, 1.82) is 0 Å². The van der Waals surface area contributed by atoms with Gasteiger partial charge in [-0.25, -0.2) is 18.7 Å². The van der Waals surface area contributed by atoms with E-state index in [1.54, 1.807) is 6.07 Å². The van der Waals surface area contributed by atoms with E-state index in [9.17, 15) is 8.78 Å². The second-order valence-corrected chi connectivity index (χ2v) is 4.75. The van der Waals surface area contributed by atoms with Gasteiger partial charge >= 0.3 is 0 Å². The first-order chi connectivity index (χ1) is 9.08. The highest BCUT2D eigenvalue weighted by molar-refractivity contribution is 9.10. The molecule has 1 aromatic heterocycles. The van der Waals surface area contributed by atoms with Crippen LogP contribution in [0.2, 0.25) is 0 Å². The van der Waals surface area contributed by atoms with Crippen LogP contribution < -0.4 is 5.32 Å². The molecule has 0 radical (unpaired) electrons. The third kappa shape index (κ3) is 3.70. The lowest BCUT2D eigenvalue weighted by molar-refractivity contribution is 0.574. The Bertz CT molecular complexity index is 590. The topological polar surface area (TPSA) is 37.8 Å². The van der Waals surface area contributed by atoms with Gasteiger partial charge in [0.25, 0.3) is 0 Å². The fourth-order valence-electron chi connectivity index (χ4n) is 1.56. The van der Waals surface area contributed by atoms with E-state index in [4.69, 9.17) is 0 Å². The lowest BCUT2D eigenvalue weighted by Crippen LogP contribution is -2.06. The van der Waals surface area contributed by atoms with Crippen LogP contribution in [0.4, 0.5) is 14.6 Å². The van der Waals surface area contributed by atoms with Gasteiger partial charge in [0, 0.05) is 30.7 Å². The van der Waals surface area contributed by atoms with E-state index in [1.165, 1.54) is 12.1 Å². The summed E-state index contributed by atoms with van der Waals surface area (Å²) in [6, 6.07) is 5.22. The van der Waals surface area contributed by atoms with Gasteiger partial charge in [0.05, 0.1) is 0 Å². The molecular formula is C13H12BrF2N3. The predicted molar refractivity (Wildman–Crippen MR) is 72.8 cm³/mol. The van der Waals surface area contributed by atoms with E-state index in [-0.39, 0.29) is 6.54 Å². The van der Waals surface area contributed by atoms with E-state index >= 15 is 0 Å². The van der Waals surface area contributed by atoms with Crippen molar-refractivity contribution in [3.63, 3.8) is 0 Å². The largest absolute Gasteiger partial charge is 0.366 e. The van der Waals surface area contributed by atoms with Crippen LogP contribution in [0.15, 0.2) is 28.9 Å². The van der Waals surface area contributed by atoms with Crippen molar-refractivity contribution in [3.05, 3.63) is 51.9 Å². The van der Waals surface area contributed by atoms with Crippen molar-refractivity contribution < 1.29 is 8.78 Å². The van der Waals surface area contributed by atoms with Crippen LogP contribution in [0, 0.1) is 11.6 Å². The number of aryl methyl sites for hydroxylation is 1. The molecule has 0 aliphatic rings. The van der Waals surface area contributed by atoms with E-state index in [1.807, 2.05) is 6.92 Å². The number of nitrogens with one attached hydrogen (secondary N) is 1. The summed E-state index contributed by atoms with van der Waals surface area (Å²) in [4.78, 5) is 8.44. The van der Waals surface area contributed by atoms with Crippen LogP contribution in [-0.4, -0.2) is 9.97 Å². The summed E-state index contributed by atoms with van der Waals surface area (Å²) < 4.78 is 26.9. The van der Waals surface area contributed by atoms with E-state index in [0.29, 0.717) is 28.2 Å². The van der Waals surface area contributed by atoms with Gasteiger partial charge in [-0.15, -0.1) is 0 Å². The Morgan fingerprint density at radius 1 is 1.21 bits per heavy atom. The first-order valence-corrected chi connectivity index (χ1v) is 6.59. The van der Waals surface area contributed by atoms with Gasteiger partial charge in [-0.3, -0.25) is 0 Å². The molecule has 0 atom stereocenters. The number of halogens is 3. The summed E-state index contributed by atoms with van der Waals surface area (Å²) >= 11 is 3.29. The van der Waals surface area contributed by atoms with Crippen molar-refractivity contribution >= 4 is 21.7 Å². The SMILES string of the molecule is CCc1nc(Br)cc(NCc2ccc(F)cc2F)n1. The number of aromatic nitrogens is 2. The molecule has 0 amide bonds. The maximum absolute atomic E-state index is 13.5. The summed E-state index contributed by atoms with van der Waals surface area (Å²) in [5.41, 5.74) is 0.384. The van der Waals surface area contributed by atoms with Crippen LogP contribution in [0.5, 0.6) is 0 Å². The lowest BCUT2D eigenvalue weighted by atomic mass is 10.2. The molecule has 1 N–H and O–H groups in total. The van der Waals surface area contributed by atoms with Gasteiger partial charge in [0.1, 0.15) is 27.9 Å². The van der Waals surface area contributed by atoms with Crippen LogP contribution in [0.3, 0.4) is 0 Å². The minimum Gasteiger partial charge on any atom is -0.366 e. The summed E-state index contributed by atoms with van der Waals surface area (Å²) in [5, 5.41) is 2.99. The standard InChI is InChI=1S/C13H12BrF2N3/c1-2-12-18-11(14)6-13(19-12)17-7-8-3-4-9(15)5-10(8)16/h3-6H,2,7H2,1H3,(H,17,18,19). The van der Waals surface area contributed by atoms with Gasteiger partial charge in [0.15, 0.2) is 0 Å². The normalized spacial score (nSPS) is 10.5. The zero-order valence-electron chi connectivity index (χ0n) is 10.3. The molecule has 0 fully saturated rings. The number of rotatable bonds is 4. The fourth-order valence-corrected chi connectivity index (χ4v) is 1.99. The minimum atomic E-state index is -0.584. The molecule has 3 nitrogen and oxygen atoms in total. The summed E-state index contributed by atoms with van der Waals surface area (Å²) in [6.45, 7) is 2.18. The molecule has 2 aromatic rings. The number of hydrogen-bond donors (Lipinski definition) is 1. The maximum Gasteiger partial charge on any atom is 0.131 e. The van der Waals surface area contributed by atoms with Gasteiger partial charge in [-0.1, -0.05) is 13.0 Å². The molecule has 0 bridgehead atoms. The van der Waals surface area contributed by atoms with E-state index in [0.717, 1.165) is 6.07 Å². The second kappa shape index (κ2) is 6.06. The Morgan fingerprint density at radius 3 is 2.68 bits per heavy atom. The Balaban J connectivity index is 2.12. The van der Waals surface area contributed by atoms with E-state index < -0.39 is 11.6 Å². The van der Waals surface area contributed by atoms with Crippen molar-refractivity contribution in [2.75, 3.05) is 5.32 Å². The number of hydrogen-bond acceptors (Lipinski definition) is 3. The van der Waals surface area contributed by atoms with Crippen molar-refractivity contribution in [1.82, 2.24) is 9.97 Å². The van der Waals surface area contributed by atoms with Crippen molar-refractivity contribution in [2.45, 2.75) is 19.9 Å². The Labute approximate surface area is 118 Å². The molecule has 0 spiro atoms. The molecule has 0 saturated heterocycles. The summed E-state index contributed by atoms with van der Waals surface area (Å²) in [5.74, 6) is 0.134. The lowest BCUT2D eigenvalue weighted by Gasteiger charge is -2.08. The first kappa shape index (κ1) is 13.9. The van der Waals surface area contributed by atoms with Crippen LogP contribution in [-0.2, 0) is 13.0 Å². The van der Waals surface area contributed by atoms with Gasteiger partial charge in [0.2, 0.25) is 0 Å². The van der Waals surface area contributed by atoms with Gasteiger partial charge in [-0.05, 0) is 22.0 Å². The molecule has 1 aromatic carbocycles. The molecule has 6 heteroatoms. The highest BCUT2D eigenvalue weighted by Crippen LogP contribution is 2.15. The average Bonchev–Trinajstić information content (AvgIpc) is 2.37. The minimum absolute atomic E-state index is 0.235. The maximum atomic E-state index is 13.5. The Morgan fingerprint density at radius 2 is 2.00 bits per heavy atom. The number of benzene rings is 1. The second-order valence-electron chi connectivity index (χ2n) is 3.93. The predicted octanol–water partition coefficient (Wildman–Crippen LogP) is 3.69. The monoisotopic (exact) mass is 327 g/mol. The fraction of sp³-hybridized carbons (Fsp3) is 0.231. The number of nitrogens with zero attached hydrogens (tertiary/aromatic N) is 2. The average molecular weight is 328 g/mol. The Kier molecular flexibility index (Phi) is 4.42. The van der Waals surface area contributed by atoms with Gasteiger partial charge < -0.3 is 5.32 Å². The van der Waals surface area contributed by atoms with Crippen LogP contribution in [0.1, 0.15) is 18.3 Å². The summed E-state index contributed by atoms with van der Waals surface area (Å²) in [6.07, 6.45) is 0.707.